The van der Waals surface area contributed by atoms with Crippen LogP contribution in [0.1, 0.15) is 11.4 Å². The van der Waals surface area contributed by atoms with Gasteiger partial charge in [0.1, 0.15) is 0 Å². The molecule has 7 nitrogen and oxygen atoms in total. The van der Waals surface area contributed by atoms with Crippen LogP contribution < -0.4 is 4.72 Å². The summed E-state index contributed by atoms with van der Waals surface area (Å²) in [5.41, 5.74) is 1.72. The van der Waals surface area contributed by atoms with Gasteiger partial charge in [-0.2, -0.15) is 13.4 Å². The van der Waals surface area contributed by atoms with Crippen molar-refractivity contribution in [3.8, 4) is 0 Å². The normalized spacial score (nSPS) is 11.8. The van der Waals surface area contributed by atoms with Crippen LogP contribution in [0.3, 0.4) is 0 Å². The second kappa shape index (κ2) is 5.63. The number of aryl methyl sites for hydroxylation is 2. The van der Waals surface area contributed by atoms with E-state index in [9.17, 15) is 8.42 Å². The van der Waals surface area contributed by atoms with Crippen molar-refractivity contribution in [2.45, 2.75) is 19.0 Å². The topological polar surface area (TPSA) is 89.3 Å². The SMILES string of the molecule is Cc1cc(C)n2nc(S(=O)(=O)Nc3ccc(Cl)c(Cl)c3)nc2n1. The molecule has 0 amide bonds. The molecule has 0 aliphatic heterocycles. The maximum Gasteiger partial charge on any atom is 0.299 e. The molecule has 10 heteroatoms. The molecule has 0 bridgehead atoms. The highest BCUT2D eigenvalue weighted by Gasteiger charge is 2.22. The first-order valence-corrected chi connectivity index (χ1v) is 8.69. The van der Waals surface area contributed by atoms with Gasteiger partial charge in [-0.3, -0.25) is 4.72 Å². The van der Waals surface area contributed by atoms with Crippen LogP contribution in [-0.4, -0.2) is 28.0 Å². The molecule has 1 N–H and O–H groups in total. The van der Waals surface area contributed by atoms with Gasteiger partial charge in [0.2, 0.25) is 0 Å². The van der Waals surface area contributed by atoms with Crippen LogP contribution >= 0.6 is 23.2 Å². The van der Waals surface area contributed by atoms with E-state index in [4.69, 9.17) is 23.2 Å². The second-order valence-corrected chi connectivity index (χ2v) is 7.27. The first-order valence-electron chi connectivity index (χ1n) is 6.45. The smallest absolute Gasteiger partial charge is 0.277 e. The van der Waals surface area contributed by atoms with Crippen LogP contribution in [0.4, 0.5) is 5.69 Å². The average Bonchev–Trinajstić information content (AvgIpc) is 2.87. The summed E-state index contributed by atoms with van der Waals surface area (Å²) in [6, 6.07) is 6.18. The minimum atomic E-state index is -3.97. The summed E-state index contributed by atoms with van der Waals surface area (Å²) in [4.78, 5) is 8.14. The van der Waals surface area contributed by atoms with Crippen LogP contribution in [-0.2, 0) is 10.0 Å². The highest BCUT2D eigenvalue weighted by molar-refractivity contribution is 7.92. The predicted octanol–water partition coefficient (Wildman–Crippen LogP) is 2.85. The molecular weight excluding hydrogens is 361 g/mol. The van der Waals surface area contributed by atoms with Crippen LogP contribution in [0.2, 0.25) is 10.0 Å². The fraction of sp³-hybridized carbons (Fsp3) is 0.154. The first kappa shape index (κ1) is 16.0. The van der Waals surface area contributed by atoms with Gasteiger partial charge in [0, 0.05) is 11.4 Å². The molecule has 0 radical (unpaired) electrons. The lowest BCUT2D eigenvalue weighted by molar-refractivity contribution is 0.592. The zero-order chi connectivity index (χ0) is 16.8. The molecule has 2 heterocycles. The third kappa shape index (κ3) is 3.10. The standard InChI is InChI=1S/C13H11Cl2N5O2S/c1-7-5-8(2)20-12(16-7)17-13(18-20)23(21,22)19-9-3-4-10(14)11(15)6-9/h3-6,19H,1-2H3. The Hall–Kier alpha value is -1.90. The number of aromatic nitrogens is 4. The summed E-state index contributed by atoms with van der Waals surface area (Å²) in [6.45, 7) is 3.59. The van der Waals surface area contributed by atoms with Gasteiger partial charge in [0.05, 0.1) is 15.7 Å². The van der Waals surface area contributed by atoms with Crippen molar-refractivity contribution in [3.63, 3.8) is 0 Å². The summed E-state index contributed by atoms with van der Waals surface area (Å²) in [5.74, 6) is 0.219. The second-order valence-electron chi connectivity index (χ2n) is 4.88. The molecule has 1 aromatic carbocycles. The molecular formula is C13H11Cl2N5O2S. The summed E-state index contributed by atoms with van der Waals surface area (Å²) in [5, 5.41) is 4.19. The van der Waals surface area contributed by atoms with Gasteiger partial charge < -0.3 is 0 Å². The number of hydrogen-bond donors (Lipinski definition) is 1. The lowest BCUT2D eigenvalue weighted by atomic mass is 10.3. The maximum absolute atomic E-state index is 12.4. The Balaban J connectivity index is 2.02. The molecule has 23 heavy (non-hydrogen) atoms. The summed E-state index contributed by atoms with van der Waals surface area (Å²) in [6.07, 6.45) is 0. The van der Waals surface area contributed by atoms with Gasteiger partial charge in [0.25, 0.3) is 21.0 Å². The number of rotatable bonds is 3. The molecule has 0 fully saturated rings. The van der Waals surface area contributed by atoms with E-state index in [0.717, 1.165) is 11.4 Å². The first-order chi connectivity index (χ1) is 10.8. The average molecular weight is 372 g/mol. The Morgan fingerprint density at radius 1 is 1.09 bits per heavy atom. The number of nitrogens with one attached hydrogen (secondary N) is 1. The molecule has 0 saturated heterocycles. The molecule has 0 aliphatic rings. The Labute approximate surface area is 142 Å². The van der Waals surface area contributed by atoms with Crippen molar-refractivity contribution in [1.29, 1.82) is 0 Å². The van der Waals surface area contributed by atoms with E-state index in [1.165, 1.54) is 22.7 Å². The predicted molar refractivity (Wildman–Crippen MR) is 87.5 cm³/mol. The third-order valence-electron chi connectivity index (χ3n) is 3.01. The van der Waals surface area contributed by atoms with Crippen molar-refractivity contribution in [3.05, 3.63) is 45.7 Å². The van der Waals surface area contributed by atoms with Crippen LogP contribution in [0.5, 0.6) is 0 Å². The highest BCUT2D eigenvalue weighted by atomic mass is 35.5. The zero-order valence-electron chi connectivity index (χ0n) is 12.1. The van der Waals surface area contributed by atoms with Crippen LogP contribution in [0.25, 0.3) is 5.78 Å². The Bertz CT molecular complexity index is 1020. The number of halogens is 2. The van der Waals surface area contributed by atoms with E-state index < -0.39 is 10.0 Å². The zero-order valence-corrected chi connectivity index (χ0v) is 14.4. The van der Waals surface area contributed by atoms with E-state index >= 15 is 0 Å². The van der Waals surface area contributed by atoms with Crippen molar-refractivity contribution in [2.75, 3.05) is 4.72 Å². The molecule has 3 aromatic rings. The third-order valence-corrected chi connectivity index (χ3v) is 4.91. The Kier molecular flexibility index (Phi) is 3.91. The van der Waals surface area contributed by atoms with E-state index in [0.29, 0.717) is 5.02 Å². The van der Waals surface area contributed by atoms with Gasteiger partial charge in [-0.05, 0) is 38.1 Å². The number of benzene rings is 1. The van der Waals surface area contributed by atoms with Gasteiger partial charge >= 0.3 is 0 Å². The Morgan fingerprint density at radius 3 is 2.52 bits per heavy atom. The fourth-order valence-corrected chi connectivity index (χ4v) is 3.24. The molecule has 0 aliphatic carbocycles. The molecule has 3 rings (SSSR count). The minimum absolute atomic E-state index is 0.219. The molecule has 0 unspecified atom stereocenters. The highest BCUT2D eigenvalue weighted by Crippen LogP contribution is 2.26. The van der Waals surface area contributed by atoms with E-state index in [1.807, 2.05) is 0 Å². The van der Waals surface area contributed by atoms with Gasteiger partial charge in [0.15, 0.2) is 0 Å². The van der Waals surface area contributed by atoms with Gasteiger partial charge in [-0.25, -0.2) is 9.50 Å². The lowest BCUT2D eigenvalue weighted by Gasteiger charge is -2.05. The molecule has 0 saturated carbocycles. The monoisotopic (exact) mass is 371 g/mol. The van der Waals surface area contributed by atoms with E-state index in [2.05, 4.69) is 19.8 Å². The summed E-state index contributed by atoms with van der Waals surface area (Å²) < 4.78 is 28.6. The largest absolute Gasteiger partial charge is 0.299 e. The van der Waals surface area contributed by atoms with Gasteiger partial charge in [-0.15, -0.1) is 5.10 Å². The van der Waals surface area contributed by atoms with E-state index in [1.54, 1.807) is 19.9 Å². The van der Waals surface area contributed by atoms with E-state index in [-0.39, 0.29) is 21.6 Å². The van der Waals surface area contributed by atoms with Crippen LogP contribution in [0.15, 0.2) is 29.4 Å². The molecule has 0 spiro atoms. The van der Waals surface area contributed by atoms with Crippen molar-refractivity contribution in [1.82, 2.24) is 19.6 Å². The van der Waals surface area contributed by atoms with Crippen LogP contribution in [0, 0.1) is 13.8 Å². The fourth-order valence-electron chi connectivity index (χ4n) is 2.02. The maximum atomic E-state index is 12.4. The lowest BCUT2D eigenvalue weighted by Crippen LogP contribution is -2.14. The number of nitrogens with zero attached hydrogens (tertiary/aromatic N) is 4. The number of fused-ring (bicyclic) bond motifs is 1. The summed E-state index contributed by atoms with van der Waals surface area (Å²) in [7, 11) is -3.97. The van der Waals surface area contributed by atoms with Gasteiger partial charge in [-0.1, -0.05) is 23.2 Å². The van der Waals surface area contributed by atoms with Crippen molar-refractivity contribution >= 4 is 44.7 Å². The Morgan fingerprint density at radius 2 is 1.83 bits per heavy atom. The van der Waals surface area contributed by atoms with Crippen molar-refractivity contribution < 1.29 is 8.42 Å². The van der Waals surface area contributed by atoms with Crippen molar-refractivity contribution in [2.24, 2.45) is 0 Å². The minimum Gasteiger partial charge on any atom is -0.277 e. The number of anilines is 1. The molecule has 120 valence electrons. The summed E-state index contributed by atoms with van der Waals surface area (Å²) >= 11 is 11.7. The number of hydrogen-bond acceptors (Lipinski definition) is 5. The number of sulfonamides is 1. The quantitative estimate of drug-likeness (QED) is 0.764. The molecule has 0 atom stereocenters. The molecule has 2 aromatic heterocycles.